The molecule has 4 heteroatoms. The second-order valence-corrected chi connectivity index (χ2v) is 5.19. The lowest BCUT2D eigenvalue weighted by Gasteiger charge is -2.12. The van der Waals surface area contributed by atoms with Crippen LogP contribution >= 0.6 is 15.9 Å². The zero-order valence-electron chi connectivity index (χ0n) is 11.1. The lowest BCUT2D eigenvalue weighted by molar-refractivity contribution is 0.467. The van der Waals surface area contributed by atoms with Crippen molar-refractivity contribution < 1.29 is 4.74 Å². The number of hydrogen-bond donors (Lipinski definition) is 1. The highest BCUT2D eigenvalue weighted by atomic mass is 79.9. The Kier molecular flexibility index (Phi) is 4.93. The molecule has 0 amide bonds. The van der Waals surface area contributed by atoms with Crippen LogP contribution in [0.3, 0.4) is 0 Å². The van der Waals surface area contributed by atoms with E-state index < -0.39 is 0 Å². The molecule has 0 unspecified atom stereocenters. The van der Waals surface area contributed by atoms with Crippen molar-refractivity contribution in [2.24, 2.45) is 0 Å². The summed E-state index contributed by atoms with van der Waals surface area (Å²) in [6.07, 6.45) is 3.54. The number of aryl methyl sites for hydroxylation is 1. The Labute approximate surface area is 122 Å². The summed E-state index contributed by atoms with van der Waals surface area (Å²) in [4.78, 5) is 4.13. The van der Waals surface area contributed by atoms with E-state index >= 15 is 0 Å². The standard InChI is InChI=1S/C15H17BrN2O/c1-3-17-9-12-6-7-18-10-15(12)19-14-5-4-13(16)8-11(14)2/h4-8,10,17H,3,9H2,1-2H3. The van der Waals surface area contributed by atoms with Crippen LogP contribution in [0, 0.1) is 6.92 Å². The zero-order valence-corrected chi connectivity index (χ0v) is 12.7. The first-order valence-corrected chi connectivity index (χ1v) is 7.07. The maximum atomic E-state index is 5.97. The van der Waals surface area contributed by atoms with Gasteiger partial charge in [-0.05, 0) is 43.3 Å². The lowest BCUT2D eigenvalue weighted by Crippen LogP contribution is -2.12. The summed E-state index contributed by atoms with van der Waals surface area (Å²) >= 11 is 3.45. The first-order chi connectivity index (χ1) is 9.20. The van der Waals surface area contributed by atoms with Crippen molar-refractivity contribution in [2.45, 2.75) is 20.4 Å². The molecule has 2 aromatic rings. The third-order valence-electron chi connectivity index (χ3n) is 2.79. The van der Waals surface area contributed by atoms with Gasteiger partial charge in [0.1, 0.15) is 11.5 Å². The van der Waals surface area contributed by atoms with Crippen LogP contribution in [0.5, 0.6) is 11.5 Å². The van der Waals surface area contributed by atoms with Crippen LogP contribution in [-0.4, -0.2) is 11.5 Å². The van der Waals surface area contributed by atoms with E-state index in [0.29, 0.717) is 0 Å². The molecule has 0 saturated carbocycles. The molecule has 0 atom stereocenters. The van der Waals surface area contributed by atoms with E-state index in [1.807, 2.05) is 31.2 Å². The van der Waals surface area contributed by atoms with Crippen LogP contribution in [0.15, 0.2) is 41.1 Å². The minimum atomic E-state index is 0.782. The Morgan fingerprint density at radius 2 is 2.11 bits per heavy atom. The smallest absolute Gasteiger partial charge is 0.150 e. The molecule has 0 saturated heterocycles. The van der Waals surface area contributed by atoms with E-state index in [-0.39, 0.29) is 0 Å². The van der Waals surface area contributed by atoms with E-state index in [1.54, 1.807) is 12.4 Å². The predicted octanol–water partition coefficient (Wildman–Crippen LogP) is 4.05. The average molecular weight is 321 g/mol. The van der Waals surface area contributed by atoms with E-state index in [2.05, 4.69) is 33.2 Å². The van der Waals surface area contributed by atoms with Crippen molar-refractivity contribution in [2.75, 3.05) is 6.54 Å². The quantitative estimate of drug-likeness (QED) is 0.902. The van der Waals surface area contributed by atoms with Crippen LogP contribution in [0.25, 0.3) is 0 Å². The Hall–Kier alpha value is -1.39. The number of halogens is 1. The van der Waals surface area contributed by atoms with Crippen LogP contribution < -0.4 is 10.1 Å². The van der Waals surface area contributed by atoms with Crippen LogP contribution in [0.2, 0.25) is 0 Å². The number of aromatic nitrogens is 1. The van der Waals surface area contributed by atoms with Gasteiger partial charge in [-0.15, -0.1) is 0 Å². The molecule has 1 N–H and O–H groups in total. The first-order valence-electron chi connectivity index (χ1n) is 6.28. The van der Waals surface area contributed by atoms with Gasteiger partial charge < -0.3 is 10.1 Å². The molecule has 0 radical (unpaired) electrons. The molecule has 0 aliphatic rings. The second-order valence-electron chi connectivity index (χ2n) is 4.28. The molecule has 0 spiro atoms. The number of nitrogens with zero attached hydrogens (tertiary/aromatic N) is 1. The van der Waals surface area contributed by atoms with E-state index in [0.717, 1.165) is 40.2 Å². The number of pyridine rings is 1. The lowest BCUT2D eigenvalue weighted by atomic mass is 10.2. The fourth-order valence-electron chi connectivity index (χ4n) is 1.75. The number of rotatable bonds is 5. The van der Waals surface area contributed by atoms with Crippen molar-refractivity contribution in [3.8, 4) is 11.5 Å². The number of nitrogens with one attached hydrogen (secondary N) is 1. The molecule has 0 aliphatic heterocycles. The van der Waals surface area contributed by atoms with Gasteiger partial charge >= 0.3 is 0 Å². The van der Waals surface area contributed by atoms with Crippen LogP contribution in [0.4, 0.5) is 0 Å². The van der Waals surface area contributed by atoms with Crippen molar-refractivity contribution in [1.82, 2.24) is 10.3 Å². The van der Waals surface area contributed by atoms with Gasteiger partial charge in [-0.2, -0.15) is 0 Å². The summed E-state index contributed by atoms with van der Waals surface area (Å²) in [6, 6.07) is 7.95. The summed E-state index contributed by atoms with van der Waals surface area (Å²) in [6.45, 7) is 5.82. The van der Waals surface area contributed by atoms with Gasteiger partial charge in [-0.1, -0.05) is 22.9 Å². The highest BCUT2D eigenvalue weighted by Gasteiger charge is 2.07. The van der Waals surface area contributed by atoms with Gasteiger partial charge in [0.25, 0.3) is 0 Å². The Morgan fingerprint density at radius 1 is 1.26 bits per heavy atom. The van der Waals surface area contributed by atoms with Gasteiger partial charge in [-0.25, -0.2) is 0 Å². The van der Waals surface area contributed by atoms with Gasteiger partial charge in [-0.3, -0.25) is 4.98 Å². The minimum absolute atomic E-state index is 0.782. The Morgan fingerprint density at radius 3 is 2.84 bits per heavy atom. The van der Waals surface area contributed by atoms with E-state index in [1.165, 1.54) is 0 Å². The fraction of sp³-hybridized carbons (Fsp3) is 0.267. The molecule has 0 bridgehead atoms. The molecule has 100 valence electrons. The highest BCUT2D eigenvalue weighted by Crippen LogP contribution is 2.29. The largest absolute Gasteiger partial charge is 0.455 e. The molecule has 0 fully saturated rings. The van der Waals surface area contributed by atoms with Crippen LogP contribution in [0.1, 0.15) is 18.1 Å². The fourth-order valence-corrected chi connectivity index (χ4v) is 2.23. The third-order valence-corrected chi connectivity index (χ3v) is 3.29. The summed E-state index contributed by atoms with van der Waals surface area (Å²) in [5.74, 6) is 1.66. The van der Waals surface area contributed by atoms with Crippen molar-refractivity contribution in [3.63, 3.8) is 0 Å². The summed E-state index contributed by atoms with van der Waals surface area (Å²) < 4.78 is 7.02. The molecule has 1 heterocycles. The van der Waals surface area contributed by atoms with E-state index in [4.69, 9.17) is 4.74 Å². The summed E-state index contributed by atoms with van der Waals surface area (Å²) in [7, 11) is 0. The Bertz CT molecular complexity index is 558. The topological polar surface area (TPSA) is 34.2 Å². The highest BCUT2D eigenvalue weighted by molar-refractivity contribution is 9.10. The maximum Gasteiger partial charge on any atom is 0.150 e. The van der Waals surface area contributed by atoms with Gasteiger partial charge in [0.2, 0.25) is 0 Å². The minimum Gasteiger partial charge on any atom is -0.455 e. The molecule has 2 rings (SSSR count). The second kappa shape index (κ2) is 6.68. The Balaban J connectivity index is 2.22. The summed E-state index contributed by atoms with van der Waals surface area (Å²) in [5.41, 5.74) is 2.20. The molecular weight excluding hydrogens is 304 g/mol. The molecule has 19 heavy (non-hydrogen) atoms. The van der Waals surface area contributed by atoms with Gasteiger partial charge in [0, 0.05) is 22.8 Å². The third kappa shape index (κ3) is 3.78. The normalized spacial score (nSPS) is 10.5. The number of ether oxygens (including phenoxy) is 1. The predicted molar refractivity (Wildman–Crippen MR) is 80.6 cm³/mol. The van der Waals surface area contributed by atoms with E-state index in [9.17, 15) is 0 Å². The van der Waals surface area contributed by atoms with Gasteiger partial charge in [0.15, 0.2) is 0 Å². The molecule has 1 aromatic heterocycles. The zero-order chi connectivity index (χ0) is 13.7. The SMILES string of the molecule is CCNCc1ccncc1Oc1ccc(Br)cc1C. The van der Waals surface area contributed by atoms with Crippen molar-refractivity contribution in [1.29, 1.82) is 0 Å². The maximum absolute atomic E-state index is 5.97. The molecule has 3 nitrogen and oxygen atoms in total. The van der Waals surface area contributed by atoms with Crippen molar-refractivity contribution in [3.05, 3.63) is 52.3 Å². The molecular formula is C15H17BrN2O. The molecule has 1 aromatic carbocycles. The number of benzene rings is 1. The molecule has 0 aliphatic carbocycles. The first kappa shape index (κ1) is 14.0. The monoisotopic (exact) mass is 320 g/mol. The average Bonchev–Trinajstić information content (AvgIpc) is 2.41. The van der Waals surface area contributed by atoms with Gasteiger partial charge in [0.05, 0.1) is 6.20 Å². The number of hydrogen-bond acceptors (Lipinski definition) is 3. The van der Waals surface area contributed by atoms with Crippen LogP contribution in [-0.2, 0) is 6.54 Å². The van der Waals surface area contributed by atoms with Crippen molar-refractivity contribution >= 4 is 15.9 Å². The summed E-state index contributed by atoms with van der Waals surface area (Å²) in [5, 5.41) is 3.30.